The van der Waals surface area contributed by atoms with Crippen LogP contribution in [0, 0.1) is 0 Å². The van der Waals surface area contributed by atoms with E-state index < -0.39 is 24.0 Å². The minimum atomic E-state index is -1.06. The molecule has 1 heterocycles. The molecular weight excluding hydrogens is 381 g/mol. The van der Waals surface area contributed by atoms with E-state index in [9.17, 15) is 14.4 Å². The van der Waals surface area contributed by atoms with E-state index in [1.165, 1.54) is 28.0 Å². The summed E-state index contributed by atoms with van der Waals surface area (Å²) in [6.45, 7) is 3.13. The van der Waals surface area contributed by atoms with Gasteiger partial charge in [-0.3, -0.25) is 14.5 Å². The van der Waals surface area contributed by atoms with Crippen molar-refractivity contribution in [1.82, 2.24) is 20.4 Å². The fourth-order valence-corrected chi connectivity index (χ4v) is 2.97. The summed E-state index contributed by atoms with van der Waals surface area (Å²) in [4.78, 5) is 40.4. The molecule has 26 heavy (non-hydrogen) atoms. The largest absolute Gasteiger partial charge is 0.351 e. The second-order valence-electron chi connectivity index (χ2n) is 5.61. The molecule has 1 atom stereocenters. The van der Waals surface area contributed by atoms with Crippen LogP contribution in [0.15, 0.2) is 18.2 Å². The monoisotopic (exact) mass is 401 g/mol. The van der Waals surface area contributed by atoms with Crippen LogP contribution in [0.3, 0.4) is 0 Å². The first-order valence-electron chi connectivity index (χ1n) is 8.19. The topological polar surface area (TPSA) is 108 Å². The Morgan fingerprint density at radius 1 is 1.15 bits per heavy atom. The van der Waals surface area contributed by atoms with Gasteiger partial charge in [-0.05, 0) is 25.1 Å². The standard InChI is InChI=1S/C16H21Cl2N5O3/c1-2-20-16(26)23-8-7-22(14(23)13(24)21-6-5-19)15(25)10-3-4-11(17)12(18)9-10/h3-4,9,14H,2,5-8,19H2,1H3,(H,20,26)(H,21,24). The van der Waals surface area contributed by atoms with Crippen LogP contribution in [0.25, 0.3) is 0 Å². The Hall–Kier alpha value is -2.03. The van der Waals surface area contributed by atoms with E-state index in [1.807, 2.05) is 0 Å². The normalized spacial score (nSPS) is 16.5. The van der Waals surface area contributed by atoms with Crippen LogP contribution in [0.1, 0.15) is 17.3 Å². The summed E-state index contributed by atoms with van der Waals surface area (Å²) in [5.74, 6) is -0.879. The fraction of sp³-hybridized carbons (Fsp3) is 0.438. The summed E-state index contributed by atoms with van der Waals surface area (Å²) in [6.07, 6.45) is -1.06. The quantitative estimate of drug-likeness (QED) is 0.680. The van der Waals surface area contributed by atoms with Gasteiger partial charge in [-0.25, -0.2) is 4.79 Å². The van der Waals surface area contributed by atoms with Crippen molar-refractivity contribution in [3.8, 4) is 0 Å². The number of nitrogens with one attached hydrogen (secondary N) is 2. The molecule has 1 aromatic rings. The van der Waals surface area contributed by atoms with E-state index in [2.05, 4.69) is 10.6 Å². The van der Waals surface area contributed by atoms with Gasteiger partial charge in [0.2, 0.25) is 0 Å². The van der Waals surface area contributed by atoms with Gasteiger partial charge < -0.3 is 21.3 Å². The molecule has 0 aromatic heterocycles. The minimum absolute atomic E-state index is 0.219. The minimum Gasteiger partial charge on any atom is -0.351 e. The molecule has 142 valence electrons. The molecule has 0 spiro atoms. The van der Waals surface area contributed by atoms with Crippen molar-refractivity contribution < 1.29 is 14.4 Å². The SMILES string of the molecule is CCNC(=O)N1CCN(C(=O)c2ccc(Cl)c(Cl)c2)C1C(=O)NCCN. The molecule has 0 radical (unpaired) electrons. The van der Waals surface area contributed by atoms with Crippen LogP contribution in [0.4, 0.5) is 4.79 Å². The summed E-state index contributed by atoms with van der Waals surface area (Å²) in [7, 11) is 0. The molecule has 1 aliphatic rings. The third kappa shape index (κ3) is 4.38. The number of hydrogen-bond donors (Lipinski definition) is 3. The highest BCUT2D eigenvalue weighted by Gasteiger charge is 2.42. The molecule has 4 amide bonds. The molecule has 0 aliphatic carbocycles. The highest BCUT2D eigenvalue weighted by atomic mass is 35.5. The van der Waals surface area contributed by atoms with Crippen molar-refractivity contribution in [2.45, 2.75) is 13.1 Å². The maximum Gasteiger partial charge on any atom is 0.319 e. The number of carbonyl (C=O) groups excluding carboxylic acids is 3. The summed E-state index contributed by atoms with van der Waals surface area (Å²) in [6, 6.07) is 4.07. The Morgan fingerprint density at radius 2 is 1.85 bits per heavy atom. The predicted octanol–water partition coefficient (Wildman–Crippen LogP) is 0.882. The lowest BCUT2D eigenvalue weighted by molar-refractivity contribution is -0.127. The predicted molar refractivity (Wildman–Crippen MR) is 99.1 cm³/mol. The van der Waals surface area contributed by atoms with Crippen molar-refractivity contribution in [3.05, 3.63) is 33.8 Å². The van der Waals surface area contributed by atoms with E-state index in [4.69, 9.17) is 28.9 Å². The molecule has 1 unspecified atom stereocenters. The van der Waals surface area contributed by atoms with Crippen LogP contribution in [-0.4, -0.2) is 66.5 Å². The van der Waals surface area contributed by atoms with E-state index >= 15 is 0 Å². The van der Waals surface area contributed by atoms with Gasteiger partial charge in [-0.2, -0.15) is 0 Å². The number of benzene rings is 1. The van der Waals surface area contributed by atoms with Gasteiger partial charge in [0, 0.05) is 38.3 Å². The zero-order chi connectivity index (χ0) is 19.3. The van der Waals surface area contributed by atoms with Gasteiger partial charge in [-0.15, -0.1) is 0 Å². The first-order valence-corrected chi connectivity index (χ1v) is 8.94. The lowest BCUT2D eigenvalue weighted by atomic mass is 10.2. The number of halogens is 2. The van der Waals surface area contributed by atoms with E-state index in [-0.39, 0.29) is 36.8 Å². The Labute approximate surface area is 161 Å². The highest BCUT2D eigenvalue weighted by molar-refractivity contribution is 6.42. The number of hydrogen-bond acceptors (Lipinski definition) is 4. The molecule has 0 saturated carbocycles. The summed E-state index contributed by atoms with van der Waals surface area (Å²) >= 11 is 11.9. The average molecular weight is 402 g/mol. The molecular formula is C16H21Cl2N5O3. The number of urea groups is 1. The first kappa shape index (κ1) is 20.3. The molecule has 0 bridgehead atoms. The third-order valence-electron chi connectivity index (χ3n) is 3.87. The second kappa shape index (κ2) is 9.07. The zero-order valence-electron chi connectivity index (χ0n) is 14.3. The van der Waals surface area contributed by atoms with E-state index in [0.717, 1.165) is 0 Å². The summed E-state index contributed by atoms with van der Waals surface area (Å²) in [5.41, 5.74) is 5.70. The van der Waals surface area contributed by atoms with Gasteiger partial charge in [0.25, 0.3) is 11.8 Å². The maximum atomic E-state index is 12.9. The van der Waals surface area contributed by atoms with Crippen LogP contribution in [-0.2, 0) is 4.79 Å². The average Bonchev–Trinajstić information content (AvgIpc) is 3.06. The smallest absolute Gasteiger partial charge is 0.319 e. The molecule has 1 fully saturated rings. The van der Waals surface area contributed by atoms with Crippen LogP contribution in [0.2, 0.25) is 10.0 Å². The molecule has 2 rings (SSSR count). The number of amides is 4. The van der Waals surface area contributed by atoms with Crippen molar-refractivity contribution in [1.29, 1.82) is 0 Å². The zero-order valence-corrected chi connectivity index (χ0v) is 15.8. The fourth-order valence-electron chi connectivity index (χ4n) is 2.67. The summed E-state index contributed by atoms with van der Waals surface area (Å²) < 4.78 is 0. The van der Waals surface area contributed by atoms with Gasteiger partial charge in [0.15, 0.2) is 6.17 Å². The van der Waals surface area contributed by atoms with Crippen LogP contribution >= 0.6 is 23.2 Å². The van der Waals surface area contributed by atoms with Gasteiger partial charge in [0.05, 0.1) is 10.0 Å². The van der Waals surface area contributed by atoms with E-state index in [1.54, 1.807) is 6.92 Å². The Morgan fingerprint density at radius 3 is 2.46 bits per heavy atom. The van der Waals surface area contributed by atoms with Gasteiger partial charge >= 0.3 is 6.03 Å². The number of rotatable bonds is 5. The van der Waals surface area contributed by atoms with Crippen molar-refractivity contribution >= 4 is 41.0 Å². The molecule has 1 aliphatic heterocycles. The molecule has 1 saturated heterocycles. The molecule has 1 aromatic carbocycles. The van der Waals surface area contributed by atoms with Crippen molar-refractivity contribution in [3.63, 3.8) is 0 Å². The number of carbonyl (C=O) groups is 3. The Bertz CT molecular complexity index is 700. The molecule has 8 nitrogen and oxygen atoms in total. The van der Waals surface area contributed by atoms with Crippen LogP contribution in [0.5, 0.6) is 0 Å². The van der Waals surface area contributed by atoms with Gasteiger partial charge in [0.1, 0.15) is 0 Å². The first-order chi connectivity index (χ1) is 12.4. The summed E-state index contributed by atoms with van der Waals surface area (Å²) in [5, 5.41) is 5.84. The van der Waals surface area contributed by atoms with Gasteiger partial charge in [-0.1, -0.05) is 23.2 Å². The number of nitrogens with two attached hydrogens (primary N) is 1. The van der Waals surface area contributed by atoms with Crippen molar-refractivity contribution in [2.75, 3.05) is 32.7 Å². The lowest BCUT2D eigenvalue weighted by Crippen LogP contribution is -2.56. The lowest BCUT2D eigenvalue weighted by Gasteiger charge is -2.29. The highest BCUT2D eigenvalue weighted by Crippen LogP contribution is 2.25. The molecule has 4 N–H and O–H groups in total. The Kier molecular flexibility index (Phi) is 7.07. The Balaban J connectivity index is 2.28. The van der Waals surface area contributed by atoms with E-state index in [0.29, 0.717) is 11.6 Å². The van der Waals surface area contributed by atoms with Crippen LogP contribution < -0.4 is 16.4 Å². The second-order valence-corrected chi connectivity index (χ2v) is 6.42. The number of nitrogens with zero attached hydrogens (tertiary/aromatic N) is 2. The maximum absolute atomic E-state index is 12.9. The molecule has 10 heteroatoms. The van der Waals surface area contributed by atoms with Crippen molar-refractivity contribution in [2.24, 2.45) is 5.73 Å². The third-order valence-corrected chi connectivity index (χ3v) is 4.61.